The quantitative estimate of drug-likeness (QED) is 0.0248. The molecule has 21 heterocycles. The van der Waals surface area contributed by atoms with Crippen LogP contribution in [-0.2, 0) is 166 Å². The number of methoxy groups -OCH3 is 14. The molecule has 0 saturated carbocycles. The zero-order valence-corrected chi connectivity index (χ0v) is 85.7. The van der Waals surface area contributed by atoms with Gasteiger partial charge in [0, 0.05) is 139 Å². The molecule has 14 bridgehead atoms. The monoisotopic (exact) mass is 2050 g/mol. The van der Waals surface area contributed by atoms with Crippen LogP contribution in [0.1, 0.15) is 38.9 Å². The Balaban J connectivity index is 0.916. The highest BCUT2D eigenvalue weighted by Crippen LogP contribution is 2.45. The van der Waals surface area contributed by atoms with E-state index in [2.05, 4.69) is 37.2 Å². The summed E-state index contributed by atoms with van der Waals surface area (Å²) in [4.78, 5) is 112. The van der Waals surface area contributed by atoms with Crippen LogP contribution in [0.25, 0.3) is 0 Å². The van der Waals surface area contributed by atoms with Crippen LogP contribution in [0, 0.1) is 48.5 Å². The molecule has 798 valence electrons. The van der Waals surface area contributed by atoms with Crippen LogP contribution in [-0.4, -0.2) is 356 Å². The van der Waals surface area contributed by atoms with Gasteiger partial charge in [0.25, 0.3) is 41.4 Å². The van der Waals surface area contributed by atoms with Crippen molar-refractivity contribution in [2.24, 2.45) is 0 Å². The van der Waals surface area contributed by atoms with Crippen LogP contribution in [0.4, 0.5) is 39.8 Å². The van der Waals surface area contributed by atoms with Crippen LogP contribution in [0.2, 0.25) is 0 Å². The lowest BCUT2D eigenvalue weighted by Crippen LogP contribution is -2.70. The van der Waals surface area contributed by atoms with Crippen molar-refractivity contribution in [3.63, 3.8) is 0 Å². The highest BCUT2D eigenvalue weighted by molar-refractivity contribution is 5.99. The van der Waals surface area contributed by atoms with Gasteiger partial charge in [-0.15, -0.1) is 0 Å². The van der Waals surface area contributed by atoms with Gasteiger partial charge in [0.2, 0.25) is 0 Å². The molecule has 0 radical (unpaired) electrons. The number of rotatable bonds is 28. The maximum absolute atomic E-state index is 16.0. The minimum Gasteiger partial charge on any atom is -0.376 e. The van der Waals surface area contributed by atoms with E-state index in [-0.39, 0.29) is 39.8 Å². The second kappa shape index (κ2) is 50.6. The molecule has 21 aliphatic rings. The maximum Gasteiger partial charge on any atom is 0.256 e. The molecule has 7 N–H and O–H groups in total. The van der Waals surface area contributed by atoms with Crippen molar-refractivity contribution in [2.45, 2.75) is 263 Å². The van der Waals surface area contributed by atoms with Gasteiger partial charge in [-0.3, -0.25) is 33.6 Å². The lowest BCUT2D eigenvalue weighted by Gasteiger charge is -2.52. The Kier molecular flexibility index (Phi) is 38.1. The van der Waals surface area contributed by atoms with Gasteiger partial charge in [-0.05, 0) is 133 Å². The Morgan fingerprint density at radius 2 is 0.252 bits per heavy atom. The Morgan fingerprint density at radius 1 is 0.156 bits per heavy atom. The number of aryl methyl sites for hydroxylation is 7. The Morgan fingerprint density at radius 3 is 0.340 bits per heavy atom. The first-order valence-corrected chi connectivity index (χ1v) is 48.1. The highest BCUT2D eigenvalue weighted by atomic mass is 16.8. The van der Waals surface area contributed by atoms with Crippen LogP contribution < -0.4 is 37.2 Å². The molecule has 0 aromatic heterocycles. The molecule has 21 fully saturated rings. The smallest absolute Gasteiger partial charge is 0.256 e. The third kappa shape index (κ3) is 25.0. The second-order valence-corrected chi connectivity index (χ2v) is 37.0. The van der Waals surface area contributed by atoms with Crippen molar-refractivity contribution in [1.82, 2.24) is 0 Å². The minimum atomic E-state index is -1.92. The minimum absolute atomic E-state index is 0.286. The molecule has 21 saturated heterocycles. The van der Waals surface area contributed by atoms with Gasteiger partial charge >= 0.3 is 0 Å². The molecule has 0 spiro atoms. The van der Waals surface area contributed by atoms with E-state index < -0.39 is 256 Å². The fourth-order valence-electron chi connectivity index (χ4n) is 19.6. The molecular formula is C105H133N7O35. The zero-order chi connectivity index (χ0) is 105. The first kappa shape index (κ1) is 111. The predicted molar refractivity (Wildman–Crippen MR) is 525 cm³/mol. The number of carbonyl (C=O) groups excluding carboxylic acids is 7. The largest absolute Gasteiger partial charge is 0.376 e. The Bertz CT molecular complexity index is 4560. The second-order valence-electron chi connectivity index (χ2n) is 37.0. The van der Waals surface area contributed by atoms with Crippen molar-refractivity contribution >= 4 is 81.2 Å². The number of carbonyl (C=O) groups is 7. The summed E-state index contributed by atoms with van der Waals surface area (Å²) in [5.74, 6) is -6.18. The molecule has 147 heavy (non-hydrogen) atoms. The predicted octanol–water partition coefficient (Wildman–Crippen LogP) is 7.61. The first-order valence-electron chi connectivity index (χ1n) is 48.1. The lowest BCUT2D eigenvalue weighted by atomic mass is 9.93. The number of hydrogen-bond donors (Lipinski definition) is 7. The third-order valence-corrected chi connectivity index (χ3v) is 27.4. The fourth-order valence-corrected chi connectivity index (χ4v) is 19.6. The van der Waals surface area contributed by atoms with Gasteiger partial charge < -0.3 is 170 Å². The number of nitrogens with one attached hydrogen (secondary N) is 7. The van der Waals surface area contributed by atoms with E-state index in [9.17, 15) is 0 Å². The fraction of sp³-hybridized carbons (Fsp3) is 0.533. The third-order valence-electron chi connectivity index (χ3n) is 27.4. The van der Waals surface area contributed by atoms with Crippen molar-refractivity contribution in [1.29, 1.82) is 0 Å². The average molecular weight is 2050 g/mol. The Labute approximate surface area is 852 Å². The van der Waals surface area contributed by atoms with Gasteiger partial charge in [0.05, 0.1) is 0 Å². The number of benzene rings is 7. The van der Waals surface area contributed by atoms with E-state index >= 15 is 33.6 Å². The maximum atomic E-state index is 16.0. The van der Waals surface area contributed by atoms with Crippen LogP contribution in [0.3, 0.4) is 0 Å². The van der Waals surface area contributed by atoms with Crippen molar-refractivity contribution in [3.05, 3.63) is 209 Å². The average Bonchev–Trinajstić information content (AvgIpc) is 0.752. The standard InChI is InChI=1S/C105H133N7O35/c1-50-22-36-57(37-23-50)106-92(113)78-71-64(120-8)85(127-15)99(141-78)135-72-65(121-9)87(129-17)101(143-79(72)93(114)107-58-38-24-51(2)25-39-58)137-74-67(123-11)89(131-19)103(145-81(74)95(116)109-60-42-28-53(4)29-43-60)139-76-69(125-13)91(133-21)105(147-83(76)97(118)111-62-46-32-55(6)33-47-62)140-77-70(126-14)90(132-20)104(146-84(77)98(119)112-63-48-34-56(7)35-49-63)138-75-68(124-12)88(130-18)102(144-82(75)96(117)110-61-44-30-54(5)31-45-61)136-73-66(122-10)86(128-16)100(134-71)142-80(73)94(115)108-59-40-26-52(3)27-41-59/h22-49,64-91,99-105H,1-21H3,(H,106,113)(H,107,114)(H,108,115)(H,109,116)(H,110,117)(H,111,118)(H,112,119)/t64-,65-,66-,67-,68-,69-,70-,71-,72-,73-,74-,75-,76-,77-,78-,79-,80-,81-,82-,83-,84-,85+,86+,87+,88+,89+,90+,91+,99-,100-,101-,102-,103-,104-,105-/m0/s1. The molecule has 42 heteroatoms. The number of ether oxygens (including phenoxy) is 28. The van der Waals surface area contributed by atoms with Crippen molar-refractivity contribution in [2.75, 3.05) is 137 Å². The van der Waals surface area contributed by atoms with Gasteiger partial charge in [0.1, 0.15) is 128 Å². The van der Waals surface area contributed by atoms with Gasteiger partial charge in [-0.1, -0.05) is 124 Å². The summed E-state index contributed by atoms with van der Waals surface area (Å²) in [5.41, 5.74) is 7.92. The number of hydrogen-bond acceptors (Lipinski definition) is 35. The number of amides is 7. The van der Waals surface area contributed by atoms with Gasteiger partial charge in [0.15, 0.2) is 86.8 Å². The van der Waals surface area contributed by atoms with Gasteiger partial charge in [-0.2, -0.15) is 0 Å². The summed E-state index contributed by atoms with van der Waals surface area (Å²) in [6, 6.07) is 48.0. The van der Waals surface area contributed by atoms with Crippen LogP contribution >= 0.6 is 0 Å². The van der Waals surface area contributed by atoms with E-state index in [0.717, 1.165) is 38.9 Å². The summed E-state index contributed by atoms with van der Waals surface area (Å²) in [5, 5.41) is 20.7. The first-order chi connectivity index (χ1) is 70.9. The summed E-state index contributed by atoms with van der Waals surface area (Å²) in [6.07, 6.45) is -59.9. The van der Waals surface area contributed by atoms with E-state index in [1.54, 1.807) is 170 Å². The molecule has 21 aliphatic heterocycles. The molecule has 7 aromatic carbocycles. The summed E-state index contributed by atoms with van der Waals surface area (Å²) in [7, 11) is 18.3. The van der Waals surface area contributed by atoms with Crippen LogP contribution in [0.15, 0.2) is 170 Å². The summed E-state index contributed by atoms with van der Waals surface area (Å²) < 4.78 is 190. The molecule has 7 aromatic rings. The lowest BCUT2D eigenvalue weighted by molar-refractivity contribution is -0.390. The molecule has 0 unspecified atom stereocenters. The molecule has 35 atom stereocenters. The molecule has 7 amide bonds. The van der Waals surface area contributed by atoms with Gasteiger partial charge in [-0.25, -0.2) is 0 Å². The molecule has 0 aliphatic carbocycles. The Hall–Kier alpha value is -10.3. The summed E-state index contributed by atoms with van der Waals surface area (Å²) in [6.45, 7) is 13.0. The topological polar surface area (TPSA) is 462 Å². The summed E-state index contributed by atoms with van der Waals surface area (Å²) >= 11 is 0. The highest BCUT2D eigenvalue weighted by Gasteiger charge is 2.65. The zero-order valence-electron chi connectivity index (χ0n) is 85.7. The van der Waals surface area contributed by atoms with E-state index in [1.807, 2.05) is 48.5 Å². The molecule has 28 rings (SSSR count). The van der Waals surface area contributed by atoms with Crippen LogP contribution in [0.5, 0.6) is 0 Å². The normalized spacial score (nSPS) is 34.1. The van der Waals surface area contributed by atoms with E-state index in [4.69, 9.17) is 133 Å². The SMILES string of the molecule is CO[C@@H]1[C@@H](OC)[C@H]2O[C@H]3[C@H](OC)[C@@H](OC)[C@@H](O[C@H]4[C@H](OC)[C@@H](OC)[C@@H](O[C@H]5[C@H](OC)[C@@H](OC)[C@@H](O[C@H]6[C@H](OC)[C@@H](OC)[C@@H](O[C@H]7[C@H](OC)[C@@H](OC)[C@@H](O[C@H]8[C@H](OC)[C@@H](OC)[C@@H](O[C@@H]1[C@@H](C(=O)Nc1ccc(C)cc1)O2)O[C@@H]8C(=O)Nc1ccc(C)cc1)O[C@@H]7C(=O)Nc1ccc(C)cc1)O[C@@H]6C(=O)Nc1ccc(C)cc1)O[C@@H]5C(=O)Nc1ccc(C)cc1)O[C@@H]4C(=O)Nc1ccc(C)cc1)O[C@@H]3C(=O)Nc1ccc(C)cc1. The molecular weight excluding hydrogens is 1920 g/mol. The number of anilines is 7. The van der Waals surface area contributed by atoms with E-state index in [0.29, 0.717) is 0 Å². The van der Waals surface area contributed by atoms with Crippen molar-refractivity contribution < 1.29 is 166 Å². The van der Waals surface area contributed by atoms with Crippen molar-refractivity contribution in [3.8, 4) is 0 Å². The van der Waals surface area contributed by atoms with E-state index in [1.165, 1.54) is 99.5 Å². The molecule has 42 nitrogen and oxygen atoms in total.